The highest BCUT2D eigenvalue weighted by Crippen LogP contribution is 2.30. The van der Waals surface area contributed by atoms with E-state index in [1.807, 2.05) is 0 Å². The third kappa shape index (κ3) is 3.96. The van der Waals surface area contributed by atoms with Crippen LogP contribution in [0.5, 0.6) is 0 Å². The molecule has 104 valence electrons. The van der Waals surface area contributed by atoms with Crippen molar-refractivity contribution in [3.05, 3.63) is 59.1 Å². The summed E-state index contributed by atoms with van der Waals surface area (Å²) in [5.74, 6) is 0. The molecule has 0 aliphatic heterocycles. The fourth-order valence-corrected chi connectivity index (χ4v) is 1.51. The zero-order valence-electron chi connectivity index (χ0n) is 10.0. The Kier molecular flexibility index (Phi) is 4.24. The minimum absolute atomic E-state index is 0.319. The van der Waals surface area contributed by atoms with Gasteiger partial charge in [-0.25, -0.2) is 0 Å². The van der Waals surface area contributed by atoms with Gasteiger partial charge in [-0.1, -0.05) is 16.8 Å². The highest BCUT2D eigenvalue weighted by atomic mass is 35.5. The van der Waals surface area contributed by atoms with E-state index in [1.54, 1.807) is 24.3 Å². The van der Waals surface area contributed by atoms with Crippen LogP contribution in [-0.4, -0.2) is 0 Å². The van der Waals surface area contributed by atoms with Crippen molar-refractivity contribution in [3.8, 4) is 0 Å². The topological polar surface area (TPSA) is 36.8 Å². The van der Waals surface area contributed by atoms with Gasteiger partial charge in [-0.15, -0.1) is 5.11 Å². The van der Waals surface area contributed by atoms with E-state index in [0.29, 0.717) is 16.4 Å². The van der Waals surface area contributed by atoms with Crippen molar-refractivity contribution in [1.29, 1.82) is 0 Å². The maximum Gasteiger partial charge on any atom is 0.416 e. The maximum absolute atomic E-state index is 12.3. The van der Waals surface area contributed by atoms with Gasteiger partial charge in [0.05, 0.1) is 16.9 Å². The summed E-state index contributed by atoms with van der Waals surface area (Å²) in [6, 6.07) is 11.2. The number of halogens is 4. The van der Waals surface area contributed by atoms with E-state index in [0.717, 1.165) is 12.1 Å². The molecule has 0 fully saturated rings. The molecule has 1 N–H and O–H groups in total. The molecule has 0 heterocycles. The Morgan fingerprint density at radius 2 is 1.50 bits per heavy atom. The molecule has 0 spiro atoms. The average molecular weight is 300 g/mol. The van der Waals surface area contributed by atoms with Gasteiger partial charge >= 0.3 is 6.18 Å². The van der Waals surface area contributed by atoms with Crippen LogP contribution < -0.4 is 5.43 Å². The van der Waals surface area contributed by atoms with Crippen molar-refractivity contribution in [2.24, 2.45) is 10.3 Å². The fraction of sp³-hybridized carbons (Fsp3) is 0.0769. The molecular formula is C13H9ClF3N3. The highest BCUT2D eigenvalue weighted by molar-refractivity contribution is 6.30. The van der Waals surface area contributed by atoms with Gasteiger partial charge < -0.3 is 0 Å². The predicted molar refractivity (Wildman–Crippen MR) is 71.0 cm³/mol. The van der Waals surface area contributed by atoms with Crippen molar-refractivity contribution < 1.29 is 13.2 Å². The van der Waals surface area contributed by atoms with Gasteiger partial charge in [0.1, 0.15) is 0 Å². The van der Waals surface area contributed by atoms with Gasteiger partial charge in [-0.05, 0) is 48.5 Å². The van der Waals surface area contributed by atoms with Crippen LogP contribution in [-0.2, 0) is 6.18 Å². The van der Waals surface area contributed by atoms with E-state index in [1.165, 1.54) is 12.1 Å². The lowest BCUT2D eigenvalue weighted by Crippen LogP contribution is -2.03. The Hall–Kier alpha value is -2.08. The van der Waals surface area contributed by atoms with Crippen LogP contribution in [0.1, 0.15) is 5.56 Å². The molecule has 0 aromatic heterocycles. The summed E-state index contributed by atoms with van der Waals surface area (Å²) in [7, 11) is 0. The van der Waals surface area contributed by atoms with E-state index in [-0.39, 0.29) is 0 Å². The Balaban J connectivity index is 1.99. The van der Waals surface area contributed by atoms with Gasteiger partial charge in [0.25, 0.3) is 0 Å². The lowest BCUT2D eigenvalue weighted by molar-refractivity contribution is -0.137. The summed E-state index contributed by atoms with van der Waals surface area (Å²) in [6.45, 7) is 0. The largest absolute Gasteiger partial charge is 0.416 e. The molecule has 3 nitrogen and oxygen atoms in total. The van der Waals surface area contributed by atoms with Crippen LogP contribution in [0, 0.1) is 0 Å². The molecule has 0 atom stereocenters. The summed E-state index contributed by atoms with van der Waals surface area (Å²) in [5.41, 5.74) is 2.91. The third-order valence-corrected chi connectivity index (χ3v) is 2.64. The van der Waals surface area contributed by atoms with E-state index in [9.17, 15) is 13.2 Å². The fourth-order valence-electron chi connectivity index (χ4n) is 1.38. The molecule has 0 saturated carbocycles. The standard InChI is InChI=1S/C13H9ClF3N3/c14-10-3-7-12(8-4-10)19-20-18-11-5-1-9(2-6-11)13(15,16)17/h1-8H,(H,18,19). The second kappa shape index (κ2) is 5.92. The SMILES string of the molecule is FC(F)(F)c1ccc(N=NNc2ccc(Cl)cc2)cc1. The normalized spacial score (nSPS) is 11.8. The number of alkyl halides is 3. The Bertz CT molecular complexity index is 592. The van der Waals surface area contributed by atoms with Gasteiger partial charge in [0, 0.05) is 5.02 Å². The highest BCUT2D eigenvalue weighted by Gasteiger charge is 2.29. The van der Waals surface area contributed by atoms with Gasteiger partial charge in [0.15, 0.2) is 0 Å². The number of hydrogen-bond donors (Lipinski definition) is 1. The molecule has 0 saturated heterocycles. The van der Waals surface area contributed by atoms with Crippen LogP contribution >= 0.6 is 11.6 Å². The molecule has 2 rings (SSSR count). The molecule has 7 heteroatoms. The molecule has 20 heavy (non-hydrogen) atoms. The smallest absolute Gasteiger partial charge is 0.260 e. The lowest BCUT2D eigenvalue weighted by Gasteiger charge is -2.05. The summed E-state index contributed by atoms with van der Waals surface area (Å²) in [5, 5.41) is 8.04. The van der Waals surface area contributed by atoms with Crippen molar-refractivity contribution in [2.45, 2.75) is 6.18 Å². The second-order valence-corrected chi connectivity index (χ2v) is 4.30. The quantitative estimate of drug-likeness (QED) is 0.592. The minimum Gasteiger partial charge on any atom is -0.260 e. The summed E-state index contributed by atoms with van der Waals surface area (Å²) in [4.78, 5) is 0. The first-order valence-electron chi connectivity index (χ1n) is 5.55. The monoisotopic (exact) mass is 299 g/mol. The zero-order chi connectivity index (χ0) is 14.6. The third-order valence-electron chi connectivity index (χ3n) is 2.38. The molecule has 0 unspecified atom stereocenters. The van der Waals surface area contributed by atoms with Crippen LogP contribution in [0.4, 0.5) is 24.5 Å². The van der Waals surface area contributed by atoms with Crippen molar-refractivity contribution >= 4 is 23.0 Å². The second-order valence-electron chi connectivity index (χ2n) is 3.86. The number of benzene rings is 2. The molecule has 0 aliphatic carbocycles. The summed E-state index contributed by atoms with van der Waals surface area (Å²) < 4.78 is 37.0. The van der Waals surface area contributed by atoms with E-state index < -0.39 is 11.7 Å². The zero-order valence-corrected chi connectivity index (χ0v) is 10.8. The van der Waals surface area contributed by atoms with E-state index >= 15 is 0 Å². The Labute approximate surface area is 118 Å². The average Bonchev–Trinajstić information content (AvgIpc) is 2.41. The van der Waals surface area contributed by atoms with Crippen LogP contribution in [0.15, 0.2) is 58.9 Å². The van der Waals surface area contributed by atoms with Crippen molar-refractivity contribution in [1.82, 2.24) is 0 Å². The Morgan fingerprint density at radius 1 is 0.900 bits per heavy atom. The van der Waals surface area contributed by atoms with E-state index in [2.05, 4.69) is 15.8 Å². The summed E-state index contributed by atoms with van der Waals surface area (Å²) >= 11 is 5.72. The van der Waals surface area contributed by atoms with Crippen LogP contribution in [0.3, 0.4) is 0 Å². The van der Waals surface area contributed by atoms with Gasteiger partial charge in [0.2, 0.25) is 0 Å². The van der Waals surface area contributed by atoms with Crippen LogP contribution in [0.25, 0.3) is 0 Å². The van der Waals surface area contributed by atoms with Gasteiger partial charge in [-0.3, -0.25) is 5.43 Å². The molecule has 2 aromatic carbocycles. The number of rotatable bonds is 3. The molecule has 0 aliphatic rings. The van der Waals surface area contributed by atoms with E-state index in [4.69, 9.17) is 11.6 Å². The summed E-state index contributed by atoms with van der Waals surface area (Å²) in [6.07, 6.45) is -4.35. The molecule has 0 bridgehead atoms. The van der Waals surface area contributed by atoms with Crippen molar-refractivity contribution in [2.75, 3.05) is 5.43 Å². The first kappa shape index (κ1) is 14.3. The molecule has 2 aromatic rings. The number of nitrogens with one attached hydrogen (secondary N) is 1. The first-order chi connectivity index (χ1) is 9.45. The number of anilines is 1. The maximum atomic E-state index is 12.3. The first-order valence-corrected chi connectivity index (χ1v) is 5.92. The molecule has 0 amide bonds. The van der Waals surface area contributed by atoms with Crippen molar-refractivity contribution in [3.63, 3.8) is 0 Å². The molecule has 0 radical (unpaired) electrons. The number of nitrogens with zero attached hydrogens (tertiary/aromatic N) is 2. The molecular weight excluding hydrogens is 291 g/mol. The van der Waals surface area contributed by atoms with Crippen LogP contribution in [0.2, 0.25) is 5.02 Å². The lowest BCUT2D eigenvalue weighted by atomic mass is 10.2. The minimum atomic E-state index is -4.35. The number of hydrogen-bond acceptors (Lipinski definition) is 2. The predicted octanol–water partition coefficient (Wildman–Crippen LogP) is 5.47. The Morgan fingerprint density at radius 3 is 2.05 bits per heavy atom. The van der Waals surface area contributed by atoms with Gasteiger partial charge in [-0.2, -0.15) is 13.2 Å².